The van der Waals surface area contributed by atoms with Gasteiger partial charge in [-0.2, -0.15) is 0 Å². The van der Waals surface area contributed by atoms with Gasteiger partial charge in [0.1, 0.15) is 12.6 Å². The Hall–Kier alpha value is -3.88. The lowest BCUT2D eigenvalue weighted by molar-refractivity contribution is -0.136. The lowest BCUT2D eigenvalue weighted by Crippen LogP contribution is -2.52. The van der Waals surface area contributed by atoms with Gasteiger partial charge in [0.2, 0.25) is 11.8 Å². The Kier molecular flexibility index (Phi) is 5.91. The predicted molar refractivity (Wildman–Crippen MR) is 123 cm³/mol. The van der Waals surface area contributed by atoms with Crippen molar-refractivity contribution < 1.29 is 23.9 Å². The number of imide groups is 1. The van der Waals surface area contributed by atoms with Crippen LogP contribution in [-0.2, 0) is 27.5 Å². The van der Waals surface area contributed by atoms with Gasteiger partial charge < -0.3 is 19.4 Å². The van der Waals surface area contributed by atoms with Crippen LogP contribution < -0.4 is 10.2 Å². The number of rotatable bonds is 4. The highest BCUT2D eigenvalue weighted by Crippen LogP contribution is 2.34. The van der Waals surface area contributed by atoms with E-state index in [0.717, 1.165) is 16.8 Å². The molecular formula is C25H26N4O5. The Balaban J connectivity index is 1.22. The molecule has 9 nitrogen and oxygen atoms in total. The highest BCUT2D eigenvalue weighted by molar-refractivity contribution is 6.06. The third-order valence-electron chi connectivity index (χ3n) is 6.64. The minimum Gasteiger partial charge on any atom is -0.445 e. The smallest absolute Gasteiger partial charge is 0.410 e. The molecule has 9 heteroatoms. The van der Waals surface area contributed by atoms with Crippen LogP contribution in [0.3, 0.4) is 0 Å². The van der Waals surface area contributed by atoms with Crippen molar-refractivity contribution in [3.8, 4) is 0 Å². The molecule has 0 radical (unpaired) electrons. The summed E-state index contributed by atoms with van der Waals surface area (Å²) in [6.45, 7) is 2.83. The summed E-state index contributed by atoms with van der Waals surface area (Å²) >= 11 is 0. The maximum Gasteiger partial charge on any atom is 0.410 e. The summed E-state index contributed by atoms with van der Waals surface area (Å²) < 4.78 is 5.45. The summed E-state index contributed by atoms with van der Waals surface area (Å²) in [5.74, 6) is -0.901. The Morgan fingerprint density at radius 1 is 0.971 bits per heavy atom. The van der Waals surface area contributed by atoms with Crippen molar-refractivity contribution >= 4 is 29.5 Å². The van der Waals surface area contributed by atoms with Gasteiger partial charge in [0.15, 0.2) is 0 Å². The van der Waals surface area contributed by atoms with Crippen molar-refractivity contribution in [1.29, 1.82) is 0 Å². The molecule has 1 atom stereocenters. The number of piperazine rings is 1. The molecule has 3 aliphatic rings. The quantitative estimate of drug-likeness (QED) is 0.697. The van der Waals surface area contributed by atoms with Gasteiger partial charge in [-0.1, -0.05) is 36.4 Å². The molecule has 2 aromatic carbocycles. The van der Waals surface area contributed by atoms with E-state index in [-0.39, 0.29) is 30.9 Å². The first-order chi connectivity index (χ1) is 16.5. The predicted octanol–water partition coefficient (Wildman–Crippen LogP) is 1.91. The molecule has 1 unspecified atom stereocenters. The lowest BCUT2D eigenvalue weighted by atomic mass is 10.0. The fraction of sp³-hybridized carbons (Fsp3) is 0.360. The van der Waals surface area contributed by atoms with E-state index in [4.69, 9.17) is 4.74 Å². The molecule has 0 saturated carbocycles. The van der Waals surface area contributed by atoms with Crippen LogP contribution in [0.4, 0.5) is 10.5 Å². The maximum absolute atomic E-state index is 13.1. The molecule has 2 saturated heterocycles. The number of hydrogen-bond donors (Lipinski definition) is 1. The minimum atomic E-state index is -0.637. The van der Waals surface area contributed by atoms with Gasteiger partial charge in [0.25, 0.3) is 5.91 Å². The van der Waals surface area contributed by atoms with E-state index in [1.807, 2.05) is 42.5 Å². The van der Waals surface area contributed by atoms with Gasteiger partial charge in [0.05, 0.1) is 0 Å². The number of nitrogens with zero attached hydrogens (tertiary/aromatic N) is 3. The van der Waals surface area contributed by atoms with Crippen molar-refractivity contribution in [2.75, 3.05) is 31.1 Å². The number of hydrogen-bond acceptors (Lipinski definition) is 6. The van der Waals surface area contributed by atoms with Gasteiger partial charge in [-0.3, -0.25) is 19.7 Å². The standard InChI is InChI=1S/C25H26N4O5/c30-22-10-9-21(23(31)26-22)29-15-19-18(24(29)32)7-4-8-20(19)27-11-13-28(14-12-27)25(33)34-16-17-5-2-1-3-6-17/h1-8,21H,9-16H2,(H,26,30,31). The second-order valence-corrected chi connectivity index (χ2v) is 8.72. The SMILES string of the molecule is O=C1CCC(N2Cc3c(cccc3N3CCN(C(=O)OCc4ccccc4)CC3)C2=O)C(=O)N1. The fourth-order valence-corrected chi connectivity index (χ4v) is 4.81. The molecule has 0 aromatic heterocycles. The number of anilines is 1. The van der Waals surface area contributed by atoms with E-state index in [1.54, 1.807) is 15.9 Å². The summed E-state index contributed by atoms with van der Waals surface area (Å²) in [6, 6.07) is 14.5. The third-order valence-corrected chi connectivity index (χ3v) is 6.64. The first-order valence-electron chi connectivity index (χ1n) is 11.5. The summed E-state index contributed by atoms with van der Waals surface area (Å²) in [4.78, 5) is 54.8. The minimum absolute atomic E-state index is 0.186. The van der Waals surface area contributed by atoms with Crippen LogP contribution in [0.5, 0.6) is 0 Å². The van der Waals surface area contributed by atoms with Gasteiger partial charge in [-0.15, -0.1) is 0 Å². The molecule has 5 rings (SSSR count). The zero-order valence-corrected chi connectivity index (χ0v) is 18.7. The van der Waals surface area contributed by atoms with E-state index >= 15 is 0 Å². The Labute approximate surface area is 197 Å². The number of nitrogens with one attached hydrogen (secondary N) is 1. The molecule has 0 spiro atoms. The van der Waals surface area contributed by atoms with Crippen molar-refractivity contribution in [3.05, 3.63) is 65.2 Å². The summed E-state index contributed by atoms with van der Waals surface area (Å²) in [7, 11) is 0. The van der Waals surface area contributed by atoms with Crippen LogP contribution in [-0.4, -0.2) is 65.8 Å². The molecule has 34 heavy (non-hydrogen) atoms. The van der Waals surface area contributed by atoms with Crippen molar-refractivity contribution in [2.24, 2.45) is 0 Å². The molecule has 0 aliphatic carbocycles. The second kappa shape index (κ2) is 9.17. The molecule has 3 aliphatic heterocycles. The maximum atomic E-state index is 13.1. The monoisotopic (exact) mass is 462 g/mol. The van der Waals surface area contributed by atoms with Gasteiger partial charge in [0, 0.05) is 56.0 Å². The van der Waals surface area contributed by atoms with Crippen LogP contribution in [0, 0.1) is 0 Å². The molecule has 3 heterocycles. The van der Waals surface area contributed by atoms with E-state index in [2.05, 4.69) is 10.2 Å². The zero-order chi connectivity index (χ0) is 23.7. The van der Waals surface area contributed by atoms with Crippen LogP contribution in [0.2, 0.25) is 0 Å². The van der Waals surface area contributed by atoms with Crippen molar-refractivity contribution in [2.45, 2.75) is 32.0 Å². The first-order valence-corrected chi connectivity index (χ1v) is 11.5. The Morgan fingerprint density at radius 2 is 1.74 bits per heavy atom. The highest BCUT2D eigenvalue weighted by Gasteiger charge is 2.40. The molecule has 1 N–H and O–H groups in total. The van der Waals surface area contributed by atoms with Gasteiger partial charge >= 0.3 is 6.09 Å². The number of carbonyl (C=O) groups is 4. The number of benzene rings is 2. The fourth-order valence-electron chi connectivity index (χ4n) is 4.81. The van der Waals surface area contributed by atoms with Crippen molar-refractivity contribution in [3.63, 3.8) is 0 Å². The normalized spacial score (nSPS) is 20.3. The topological polar surface area (TPSA) is 99.3 Å². The molecule has 4 amide bonds. The Bertz CT molecular complexity index is 1130. The number of piperidine rings is 1. The Morgan fingerprint density at radius 3 is 2.47 bits per heavy atom. The number of amides is 4. The summed E-state index contributed by atoms with van der Waals surface area (Å²) in [5, 5.41) is 2.34. The molecule has 176 valence electrons. The van der Waals surface area contributed by atoms with E-state index in [1.165, 1.54) is 0 Å². The zero-order valence-electron chi connectivity index (χ0n) is 18.7. The second-order valence-electron chi connectivity index (χ2n) is 8.72. The number of ether oxygens (including phenoxy) is 1. The van der Waals surface area contributed by atoms with Crippen molar-refractivity contribution in [1.82, 2.24) is 15.1 Å². The van der Waals surface area contributed by atoms with E-state index in [9.17, 15) is 19.2 Å². The van der Waals surface area contributed by atoms with Crippen LogP contribution in [0.1, 0.15) is 34.3 Å². The van der Waals surface area contributed by atoms with Crippen LogP contribution >= 0.6 is 0 Å². The largest absolute Gasteiger partial charge is 0.445 e. The van der Waals surface area contributed by atoms with E-state index < -0.39 is 11.9 Å². The van der Waals surface area contributed by atoms with Crippen LogP contribution in [0.15, 0.2) is 48.5 Å². The molecular weight excluding hydrogens is 436 g/mol. The van der Waals surface area contributed by atoms with Crippen LogP contribution in [0.25, 0.3) is 0 Å². The first kappa shape index (κ1) is 21.9. The molecule has 2 fully saturated rings. The highest BCUT2D eigenvalue weighted by atomic mass is 16.6. The number of fused-ring (bicyclic) bond motifs is 1. The average Bonchev–Trinajstić information content (AvgIpc) is 3.19. The third kappa shape index (κ3) is 4.21. The number of carbonyl (C=O) groups excluding carboxylic acids is 4. The summed E-state index contributed by atoms with van der Waals surface area (Å²) in [5.41, 5.74) is 3.36. The molecule has 2 aromatic rings. The van der Waals surface area contributed by atoms with Gasteiger partial charge in [-0.25, -0.2) is 4.79 Å². The molecule has 0 bridgehead atoms. The summed E-state index contributed by atoms with van der Waals surface area (Å²) in [6.07, 6.45) is 0.232. The lowest BCUT2D eigenvalue weighted by Gasteiger charge is -2.36. The van der Waals surface area contributed by atoms with E-state index in [0.29, 0.717) is 44.7 Å². The average molecular weight is 463 g/mol. The van der Waals surface area contributed by atoms with Gasteiger partial charge in [-0.05, 0) is 24.1 Å².